The Hall–Kier alpha value is -2.03. The predicted octanol–water partition coefficient (Wildman–Crippen LogP) is 3.39. The number of esters is 1. The van der Waals surface area contributed by atoms with Crippen LogP contribution in [0.5, 0.6) is 0 Å². The summed E-state index contributed by atoms with van der Waals surface area (Å²) in [6, 6.07) is 5.77. The average Bonchev–Trinajstić information content (AvgIpc) is 2.83. The number of aryl methyl sites for hydroxylation is 2. The van der Waals surface area contributed by atoms with E-state index < -0.39 is 0 Å². The molecule has 0 unspecified atom stereocenters. The second-order valence-electron chi connectivity index (χ2n) is 4.90. The van der Waals surface area contributed by atoms with E-state index in [4.69, 9.17) is 4.74 Å². The molecule has 0 saturated heterocycles. The maximum atomic E-state index is 12.1. The molecule has 1 heterocycles. The molecule has 0 atom stereocenters. The largest absolute Gasteiger partial charge is 0.458 e. The van der Waals surface area contributed by atoms with Crippen LogP contribution in [-0.4, -0.2) is 17.6 Å². The van der Waals surface area contributed by atoms with Crippen molar-refractivity contribution in [2.45, 2.75) is 25.7 Å². The summed E-state index contributed by atoms with van der Waals surface area (Å²) in [4.78, 5) is 15.6. The zero-order chi connectivity index (χ0) is 13.2. The number of hydrogen-bond donors (Lipinski definition) is 1. The van der Waals surface area contributed by atoms with Gasteiger partial charge in [0, 0.05) is 16.6 Å². The molecule has 2 aromatic rings. The van der Waals surface area contributed by atoms with Crippen LogP contribution in [0.25, 0.3) is 10.9 Å². The van der Waals surface area contributed by atoms with Crippen molar-refractivity contribution in [1.82, 2.24) is 4.98 Å². The number of benzene rings is 1. The van der Waals surface area contributed by atoms with Gasteiger partial charge in [-0.25, -0.2) is 4.79 Å². The van der Waals surface area contributed by atoms with Gasteiger partial charge in [0.15, 0.2) is 0 Å². The van der Waals surface area contributed by atoms with Crippen LogP contribution < -0.4 is 0 Å². The highest BCUT2D eigenvalue weighted by atomic mass is 16.5. The highest BCUT2D eigenvalue weighted by Gasteiger charge is 2.20. The molecular formula is C16H17NO2. The lowest BCUT2D eigenvalue weighted by Gasteiger charge is -2.11. The zero-order valence-corrected chi connectivity index (χ0v) is 10.9. The molecule has 0 saturated carbocycles. The molecular weight excluding hydrogens is 238 g/mol. The van der Waals surface area contributed by atoms with Crippen LogP contribution >= 0.6 is 0 Å². The molecule has 1 aromatic heterocycles. The van der Waals surface area contributed by atoms with E-state index >= 15 is 0 Å². The van der Waals surface area contributed by atoms with E-state index in [1.54, 1.807) is 6.08 Å². The number of fused-ring (bicyclic) bond motifs is 3. The Kier molecular flexibility index (Phi) is 3.11. The van der Waals surface area contributed by atoms with Crippen molar-refractivity contribution in [2.75, 3.05) is 6.61 Å². The van der Waals surface area contributed by atoms with E-state index in [2.05, 4.69) is 11.6 Å². The lowest BCUT2D eigenvalue weighted by molar-refractivity contribution is 0.0552. The summed E-state index contributed by atoms with van der Waals surface area (Å²) in [5.41, 5.74) is 4.29. The van der Waals surface area contributed by atoms with E-state index in [1.165, 1.54) is 24.1 Å². The molecule has 0 amide bonds. The minimum atomic E-state index is -0.266. The molecule has 0 bridgehead atoms. The summed E-state index contributed by atoms with van der Waals surface area (Å²) in [5.74, 6) is -0.266. The highest BCUT2D eigenvalue weighted by molar-refractivity contribution is 6.05. The zero-order valence-electron chi connectivity index (χ0n) is 10.9. The number of nitrogens with one attached hydrogen (secondary N) is 1. The van der Waals surface area contributed by atoms with Crippen LogP contribution in [-0.2, 0) is 17.6 Å². The second-order valence-corrected chi connectivity index (χ2v) is 4.90. The van der Waals surface area contributed by atoms with E-state index in [9.17, 15) is 4.79 Å². The Labute approximate surface area is 112 Å². The molecule has 19 heavy (non-hydrogen) atoms. The number of ether oxygens (including phenoxy) is 1. The lowest BCUT2D eigenvalue weighted by Crippen LogP contribution is -2.07. The molecule has 1 N–H and O–H groups in total. The average molecular weight is 255 g/mol. The second kappa shape index (κ2) is 4.92. The summed E-state index contributed by atoms with van der Waals surface area (Å²) < 4.78 is 5.17. The molecule has 3 nitrogen and oxygen atoms in total. The molecule has 1 aromatic carbocycles. The Bertz CT molecular complexity index is 639. The van der Waals surface area contributed by atoms with Gasteiger partial charge < -0.3 is 9.72 Å². The predicted molar refractivity (Wildman–Crippen MR) is 75.4 cm³/mol. The molecule has 3 rings (SSSR count). The topological polar surface area (TPSA) is 42.1 Å². The number of carbonyl (C=O) groups excluding carboxylic acids is 1. The van der Waals surface area contributed by atoms with Crippen molar-refractivity contribution in [3.05, 3.63) is 47.7 Å². The van der Waals surface area contributed by atoms with Crippen molar-refractivity contribution in [2.24, 2.45) is 0 Å². The first-order valence-electron chi connectivity index (χ1n) is 6.71. The van der Waals surface area contributed by atoms with Crippen LogP contribution in [0.15, 0.2) is 30.9 Å². The Morgan fingerprint density at radius 1 is 1.37 bits per heavy atom. The first-order chi connectivity index (χ1) is 9.31. The van der Waals surface area contributed by atoms with Crippen molar-refractivity contribution in [3.8, 4) is 0 Å². The summed E-state index contributed by atoms with van der Waals surface area (Å²) in [6.07, 6.45) is 6.11. The number of H-pyrrole nitrogens is 1. The lowest BCUT2D eigenvalue weighted by atomic mass is 9.94. The number of aromatic nitrogens is 1. The van der Waals surface area contributed by atoms with Gasteiger partial charge in [-0.15, -0.1) is 0 Å². The summed E-state index contributed by atoms with van der Waals surface area (Å²) in [6.45, 7) is 3.82. The van der Waals surface area contributed by atoms with E-state index in [1.807, 2.05) is 18.2 Å². The van der Waals surface area contributed by atoms with E-state index in [-0.39, 0.29) is 12.6 Å². The molecule has 0 radical (unpaired) electrons. The Balaban J connectivity index is 2.11. The van der Waals surface area contributed by atoms with Gasteiger partial charge in [-0.2, -0.15) is 0 Å². The van der Waals surface area contributed by atoms with Crippen molar-refractivity contribution in [1.29, 1.82) is 0 Å². The number of aromatic amines is 1. The standard InChI is InChI=1S/C16H17NO2/c1-2-10-19-16(18)12-7-5-9-14-15(12)11-6-3-4-8-13(11)17-14/h2,5,7,9,17H,1,3-4,6,8,10H2. The minimum absolute atomic E-state index is 0.252. The van der Waals surface area contributed by atoms with Crippen LogP contribution in [0.1, 0.15) is 34.5 Å². The van der Waals surface area contributed by atoms with Gasteiger partial charge in [-0.3, -0.25) is 0 Å². The van der Waals surface area contributed by atoms with E-state index in [0.717, 1.165) is 23.7 Å². The smallest absolute Gasteiger partial charge is 0.339 e. The van der Waals surface area contributed by atoms with Gasteiger partial charge in [0.1, 0.15) is 6.61 Å². The van der Waals surface area contributed by atoms with Crippen LogP contribution in [0.3, 0.4) is 0 Å². The van der Waals surface area contributed by atoms with Crippen molar-refractivity contribution < 1.29 is 9.53 Å². The van der Waals surface area contributed by atoms with Gasteiger partial charge >= 0.3 is 5.97 Å². The molecule has 1 aliphatic rings. The van der Waals surface area contributed by atoms with Crippen molar-refractivity contribution >= 4 is 16.9 Å². The normalized spacial score (nSPS) is 14.1. The van der Waals surface area contributed by atoms with Gasteiger partial charge in [0.05, 0.1) is 5.56 Å². The third kappa shape index (κ3) is 2.05. The molecule has 0 aliphatic heterocycles. The fourth-order valence-corrected chi connectivity index (χ4v) is 2.85. The molecule has 0 spiro atoms. The molecule has 3 heteroatoms. The number of rotatable bonds is 3. The fourth-order valence-electron chi connectivity index (χ4n) is 2.85. The molecule has 0 fully saturated rings. The third-order valence-electron chi connectivity index (χ3n) is 3.67. The summed E-state index contributed by atoms with van der Waals surface area (Å²) in [5, 5.41) is 1.05. The highest BCUT2D eigenvalue weighted by Crippen LogP contribution is 2.31. The third-order valence-corrected chi connectivity index (χ3v) is 3.67. The van der Waals surface area contributed by atoms with Gasteiger partial charge in [0.2, 0.25) is 0 Å². The van der Waals surface area contributed by atoms with Crippen LogP contribution in [0, 0.1) is 0 Å². The van der Waals surface area contributed by atoms with Gasteiger partial charge in [0.25, 0.3) is 0 Å². The first-order valence-corrected chi connectivity index (χ1v) is 6.71. The Morgan fingerprint density at radius 3 is 3.05 bits per heavy atom. The molecule has 1 aliphatic carbocycles. The molecule has 98 valence electrons. The minimum Gasteiger partial charge on any atom is -0.458 e. The summed E-state index contributed by atoms with van der Waals surface area (Å²) >= 11 is 0. The van der Waals surface area contributed by atoms with Crippen LogP contribution in [0.2, 0.25) is 0 Å². The Morgan fingerprint density at radius 2 is 2.21 bits per heavy atom. The SMILES string of the molecule is C=CCOC(=O)c1cccc2[nH]c3c(c12)CCCC3. The van der Waals surface area contributed by atoms with Crippen molar-refractivity contribution in [3.63, 3.8) is 0 Å². The number of carbonyl (C=O) groups is 1. The maximum Gasteiger partial charge on any atom is 0.339 e. The quantitative estimate of drug-likeness (QED) is 0.674. The van der Waals surface area contributed by atoms with E-state index in [0.29, 0.717) is 5.56 Å². The number of hydrogen-bond acceptors (Lipinski definition) is 2. The maximum absolute atomic E-state index is 12.1. The van der Waals surface area contributed by atoms with Gasteiger partial charge in [-0.1, -0.05) is 18.7 Å². The summed E-state index contributed by atoms with van der Waals surface area (Å²) in [7, 11) is 0. The van der Waals surface area contributed by atoms with Crippen LogP contribution in [0.4, 0.5) is 0 Å². The van der Waals surface area contributed by atoms with Gasteiger partial charge in [-0.05, 0) is 43.4 Å². The first kappa shape index (κ1) is 12.0. The fraction of sp³-hybridized carbons (Fsp3) is 0.312. The monoisotopic (exact) mass is 255 g/mol.